The Balaban J connectivity index is 2.13. The topological polar surface area (TPSA) is 61.9 Å². The molecule has 4 nitrogen and oxygen atoms in total. The number of nitrogens with zero attached hydrogens (tertiary/aromatic N) is 2. The summed E-state index contributed by atoms with van der Waals surface area (Å²) in [6.45, 7) is 3.85. The molecule has 1 atom stereocenters. The molecule has 0 aromatic carbocycles. The summed E-state index contributed by atoms with van der Waals surface area (Å²) in [5.41, 5.74) is 0. The van der Waals surface area contributed by atoms with Crippen LogP contribution in [0.3, 0.4) is 0 Å². The van der Waals surface area contributed by atoms with E-state index in [0.29, 0.717) is 10.0 Å². The van der Waals surface area contributed by atoms with Gasteiger partial charge < -0.3 is 9.73 Å². The lowest BCUT2D eigenvalue weighted by Gasteiger charge is -2.09. The minimum atomic E-state index is -0.0162. The quantitative estimate of drug-likeness (QED) is 0.920. The molecule has 2 heterocycles. The van der Waals surface area contributed by atoms with Gasteiger partial charge in [0.05, 0.1) is 6.04 Å². The Morgan fingerprint density at radius 2 is 2.35 bits per heavy atom. The van der Waals surface area contributed by atoms with Crippen molar-refractivity contribution < 1.29 is 4.42 Å². The second-order valence-electron chi connectivity index (χ2n) is 3.57. The number of aromatic nitrogens is 1. The summed E-state index contributed by atoms with van der Waals surface area (Å²) >= 11 is 7.02. The van der Waals surface area contributed by atoms with E-state index in [0.717, 1.165) is 11.5 Å². The van der Waals surface area contributed by atoms with Crippen LogP contribution >= 0.6 is 22.9 Å². The van der Waals surface area contributed by atoms with Crippen LogP contribution in [0.4, 0.5) is 5.13 Å². The van der Waals surface area contributed by atoms with Crippen molar-refractivity contribution in [2.45, 2.75) is 19.9 Å². The minimum Gasteiger partial charge on any atom is -0.464 e. The molecule has 1 unspecified atom stereocenters. The smallest absolute Gasteiger partial charge is 0.186 e. The van der Waals surface area contributed by atoms with E-state index < -0.39 is 0 Å². The highest BCUT2D eigenvalue weighted by atomic mass is 35.5. The molecule has 17 heavy (non-hydrogen) atoms. The summed E-state index contributed by atoms with van der Waals surface area (Å²) in [5.74, 6) is 1.69. The molecule has 0 saturated carbocycles. The highest BCUT2D eigenvalue weighted by Crippen LogP contribution is 2.29. The van der Waals surface area contributed by atoms with Crippen LogP contribution in [-0.4, -0.2) is 4.98 Å². The fourth-order valence-corrected chi connectivity index (χ4v) is 2.41. The molecule has 1 N–H and O–H groups in total. The van der Waals surface area contributed by atoms with Crippen molar-refractivity contribution in [3.63, 3.8) is 0 Å². The van der Waals surface area contributed by atoms with Crippen LogP contribution in [0, 0.1) is 18.3 Å². The molecule has 2 aromatic heterocycles. The van der Waals surface area contributed by atoms with E-state index in [2.05, 4.69) is 10.3 Å². The number of furan rings is 1. The summed E-state index contributed by atoms with van der Waals surface area (Å²) in [7, 11) is 0. The monoisotopic (exact) mass is 267 g/mol. The number of nitrogens with one attached hydrogen (secondary N) is 1. The third kappa shape index (κ3) is 2.60. The highest BCUT2D eigenvalue weighted by molar-refractivity contribution is 7.16. The maximum atomic E-state index is 8.78. The van der Waals surface area contributed by atoms with Crippen molar-refractivity contribution in [2.24, 2.45) is 0 Å². The highest BCUT2D eigenvalue weighted by Gasteiger charge is 2.13. The van der Waals surface area contributed by atoms with Crippen molar-refractivity contribution in [1.29, 1.82) is 5.26 Å². The van der Waals surface area contributed by atoms with Crippen LogP contribution in [0.25, 0.3) is 0 Å². The number of halogens is 1. The van der Waals surface area contributed by atoms with Crippen molar-refractivity contribution in [2.75, 3.05) is 5.32 Å². The van der Waals surface area contributed by atoms with Crippen LogP contribution in [0.1, 0.15) is 29.4 Å². The van der Waals surface area contributed by atoms with Crippen LogP contribution in [0.15, 0.2) is 16.5 Å². The number of aryl methyl sites for hydroxylation is 1. The first kappa shape index (κ1) is 12.0. The van der Waals surface area contributed by atoms with Crippen molar-refractivity contribution in [3.8, 4) is 6.07 Å². The fourth-order valence-electron chi connectivity index (χ4n) is 1.37. The number of hydrogen-bond acceptors (Lipinski definition) is 5. The first-order valence-corrected chi connectivity index (χ1v) is 6.19. The number of anilines is 1. The molecule has 0 radical (unpaired) electrons. The van der Waals surface area contributed by atoms with Gasteiger partial charge in [0.1, 0.15) is 22.5 Å². The number of nitriles is 1. The van der Waals surface area contributed by atoms with E-state index in [1.54, 1.807) is 0 Å². The van der Waals surface area contributed by atoms with Gasteiger partial charge >= 0.3 is 0 Å². The SMILES string of the molecule is Cc1ccc(C(C)Nc2nc(Cl)c(C#N)s2)o1. The molecule has 2 rings (SSSR count). The molecule has 88 valence electrons. The zero-order valence-corrected chi connectivity index (χ0v) is 10.9. The standard InChI is InChI=1S/C11H10ClN3OS/c1-6-3-4-8(16-6)7(2)14-11-15-10(12)9(5-13)17-11/h3-4,7H,1-2H3,(H,14,15). The Kier molecular flexibility index (Phi) is 3.36. The maximum absolute atomic E-state index is 8.78. The lowest BCUT2D eigenvalue weighted by atomic mass is 10.2. The number of hydrogen-bond donors (Lipinski definition) is 1. The average molecular weight is 268 g/mol. The Bertz CT molecular complexity index is 570. The van der Waals surface area contributed by atoms with Crippen molar-refractivity contribution in [3.05, 3.63) is 33.7 Å². The van der Waals surface area contributed by atoms with Gasteiger partial charge in [0.2, 0.25) is 0 Å². The van der Waals surface area contributed by atoms with Gasteiger partial charge in [-0.25, -0.2) is 4.98 Å². The van der Waals surface area contributed by atoms with E-state index in [-0.39, 0.29) is 11.2 Å². The van der Waals surface area contributed by atoms with Gasteiger partial charge in [-0.1, -0.05) is 22.9 Å². The van der Waals surface area contributed by atoms with Gasteiger partial charge in [-0.05, 0) is 26.0 Å². The van der Waals surface area contributed by atoms with Crippen molar-refractivity contribution >= 4 is 28.1 Å². The molecule has 0 aliphatic heterocycles. The molecule has 0 aliphatic rings. The Morgan fingerprint density at radius 3 is 2.88 bits per heavy atom. The van der Waals surface area contributed by atoms with E-state index in [4.69, 9.17) is 21.3 Å². The second-order valence-corrected chi connectivity index (χ2v) is 4.92. The molecule has 0 spiro atoms. The molecule has 0 fully saturated rings. The van der Waals surface area contributed by atoms with Gasteiger partial charge in [-0.2, -0.15) is 5.26 Å². The first-order chi connectivity index (χ1) is 8.10. The second kappa shape index (κ2) is 4.78. The predicted octanol–water partition coefficient (Wildman–Crippen LogP) is 3.74. The van der Waals surface area contributed by atoms with Gasteiger partial charge in [-0.15, -0.1) is 0 Å². The molecule has 2 aromatic rings. The van der Waals surface area contributed by atoms with E-state index in [1.807, 2.05) is 32.0 Å². The largest absolute Gasteiger partial charge is 0.464 e. The Labute approximate surface area is 108 Å². The van der Waals surface area contributed by atoms with E-state index in [9.17, 15) is 0 Å². The molecular formula is C11H10ClN3OS. The maximum Gasteiger partial charge on any atom is 0.186 e. The van der Waals surface area contributed by atoms with E-state index in [1.165, 1.54) is 11.3 Å². The van der Waals surface area contributed by atoms with E-state index >= 15 is 0 Å². The van der Waals surface area contributed by atoms with Crippen LogP contribution in [-0.2, 0) is 0 Å². The Morgan fingerprint density at radius 1 is 1.59 bits per heavy atom. The van der Waals surface area contributed by atoms with Gasteiger partial charge in [0.15, 0.2) is 10.3 Å². The summed E-state index contributed by atoms with van der Waals surface area (Å²) in [6.07, 6.45) is 0. The van der Waals surface area contributed by atoms with Crippen LogP contribution in [0.2, 0.25) is 5.15 Å². The normalized spacial score (nSPS) is 12.1. The lowest BCUT2D eigenvalue weighted by molar-refractivity contribution is 0.467. The molecule has 6 heteroatoms. The molecule has 0 amide bonds. The zero-order chi connectivity index (χ0) is 12.4. The fraction of sp³-hybridized carbons (Fsp3) is 0.273. The zero-order valence-electron chi connectivity index (χ0n) is 9.32. The molecule has 0 bridgehead atoms. The Hall–Kier alpha value is -1.51. The lowest BCUT2D eigenvalue weighted by Crippen LogP contribution is -2.04. The third-order valence-corrected chi connectivity index (χ3v) is 3.49. The summed E-state index contributed by atoms with van der Waals surface area (Å²) < 4.78 is 5.50. The van der Waals surface area contributed by atoms with Crippen molar-refractivity contribution in [1.82, 2.24) is 4.98 Å². The number of thiazole rings is 1. The average Bonchev–Trinajstić information content (AvgIpc) is 2.85. The molecule has 0 aliphatic carbocycles. The van der Waals surface area contributed by atoms with Gasteiger partial charge in [-0.3, -0.25) is 0 Å². The molecular weight excluding hydrogens is 258 g/mol. The van der Waals surface area contributed by atoms with Gasteiger partial charge in [0, 0.05) is 0 Å². The predicted molar refractivity (Wildman–Crippen MR) is 67.3 cm³/mol. The summed E-state index contributed by atoms with van der Waals surface area (Å²) in [5, 5.41) is 12.8. The van der Waals surface area contributed by atoms with Gasteiger partial charge in [0.25, 0.3) is 0 Å². The molecule has 0 saturated heterocycles. The third-order valence-electron chi connectivity index (χ3n) is 2.22. The summed E-state index contributed by atoms with van der Waals surface area (Å²) in [6, 6.07) is 5.79. The minimum absolute atomic E-state index is 0.0162. The summed E-state index contributed by atoms with van der Waals surface area (Å²) in [4.78, 5) is 4.48. The van der Waals surface area contributed by atoms with Crippen LogP contribution < -0.4 is 5.32 Å². The number of rotatable bonds is 3. The van der Waals surface area contributed by atoms with Crippen LogP contribution in [0.5, 0.6) is 0 Å². The first-order valence-electron chi connectivity index (χ1n) is 4.99.